The second kappa shape index (κ2) is 5.85. The molecule has 1 aliphatic heterocycles. The number of hydrogen-bond donors (Lipinski definition) is 1. The highest BCUT2D eigenvalue weighted by molar-refractivity contribution is 7.91. The summed E-state index contributed by atoms with van der Waals surface area (Å²) in [6.45, 7) is 0. The molecular weight excluding hydrogens is 354 g/mol. The second-order valence-electron chi connectivity index (χ2n) is 5.44. The van der Waals surface area contributed by atoms with E-state index in [1.54, 1.807) is 36.7 Å². The highest BCUT2D eigenvalue weighted by atomic mass is 32.2. The molecule has 0 amide bonds. The van der Waals surface area contributed by atoms with Gasteiger partial charge in [0.2, 0.25) is 0 Å². The Morgan fingerprint density at radius 2 is 1.46 bits per heavy atom. The summed E-state index contributed by atoms with van der Waals surface area (Å²) in [6.07, 6.45) is 3.25. The van der Waals surface area contributed by atoms with E-state index < -0.39 is 10.2 Å². The minimum Gasteiger partial charge on any atom is -0.381 e. The molecule has 1 aliphatic rings. The molecule has 3 aromatic rings. The standard InChI is InChI=1S/C16H13N7O2S/c1-23-16-14(15(17)22-26(23,24)25)20-12(10-6-2-4-8-18-10)13(21-16)11-7-3-5-9-19-11/h2-9H,1H3,(H2,17,22). The lowest BCUT2D eigenvalue weighted by Crippen LogP contribution is -2.36. The van der Waals surface area contributed by atoms with E-state index in [1.807, 2.05) is 12.1 Å². The van der Waals surface area contributed by atoms with E-state index in [2.05, 4.69) is 24.3 Å². The van der Waals surface area contributed by atoms with Crippen molar-refractivity contribution in [1.82, 2.24) is 19.9 Å². The number of anilines is 1. The third kappa shape index (κ3) is 2.56. The minimum atomic E-state index is -3.94. The second-order valence-corrected chi connectivity index (χ2v) is 7.07. The molecule has 4 heterocycles. The molecule has 0 saturated carbocycles. The normalized spacial score (nSPS) is 15.3. The van der Waals surface area contributed by atoms with Gasteiger partial charge in [0.15, 0.2) is 17.3 Å². The van der Waals surface area contributed by atoms with Gasteiger partial charge in [0, 0.05) is 19.4 Å². The molecule has 0 fully saturated rings. The molecule has 0 aromatic carbocycles. The lowest BCUT2D eigenvalue weighted by atomic mass is 10.1. The number of hydrogen-bond acceptors (Lipinski definition) is 7. The van der Waals surface area contributed by atoms with Crippen molar-refractivity contribution >= 4 is 21.9 Å². The quantitative estimate of drug-likeness (QED) is 0.715. The predicted molar refractivity (Wildman–Crippen MR) is 96.5 cm³/mol. The molecule has 0 radical (unpaired) electrons. The number of nitrogens with two attached hydrogens (primary N) is 1. The fourth-order valence-corrected chi connectivity index (χ4v) is 3.32. The van der Waals surface area contributed by atoms with Gasteiger partial charge in [-0.2, -0.15) is 8.42 Å². The third-order valence-corrected chi connectivity index (χ3v) is 5.09. The summed E-state index contributed by atoms with van der Waals surface area (Å²) < 4.78 is 28.7. The van der Waals surface area contributed by atoms with Gasteiger partial charge in [-0.05, 0) is 24.3 Å². The van der Waals surface area contributed by atoms with E-state index in [-0.39, 0.29) is 17.3 Å². The SMILES string of the molecule is CN1c2nc(-c3ccccn3)c(-c3ccccn3)nc2C(N)=NS1(=O)=O. The molecule has 0 aliphatic carbocycles. The van der Waals surface area contributed by atoms with Gasteiger partial charge in [-0.1, -0.05) is 12.1 Å². The summed E-state index contributed by atoms with van der Waals surface area (Å²) in [5.74, 6) is -0.117. The fourth-order valence-electron chi connectivity index (χ4n) is 2.52. The van der Waals surface area contributed by atoms with Crippen molar-refractivity contribution in [2.45, 2.75) is 0 Å². The maximum Gasteiger partial charge on any atom is 0.347 e. The topological polar surface area (TPSA) is 127 Å². The lowest BCUT2D eigenvalue weighted by molar-refractivity contribution is 0.595. The summed E-state index contributed by atoms with van der Waals surface area (Å²) in [6, 6.07) is 10.7. The van der Waals surface area contributed by atoms with Crippen molar-refractivity contribution in [2.24, 2.45) is 10.1 Å². The van der Waals surface area contributed by atoms with E-state index in [9.17, 15) is 8.42 Å². The summed E-state index contributed by atoms with van der Waals surface area (Å²) >= 11 is 0. The monoisotopic (exact) mass is 367 g/mol. The first kappa shape index (κ1) is 16.1. The highest BCUT2D eigenvalue weighted by Gasteiger charge is 2.32. The Morgan fingerprint density at radius 1 is 0.885 bits per heavy atom. The van der Waals surface area contributed by atoms with Crippen LogP contribution in [0.25, 0.3) is 22.8 Å². The third-order valence-electron chi connectivity index (χ3n) is 3.79. The van der Waals surface area contributed by atoms with Gasteiger partial charge in [-0.25, -0.2) is 14.3 Å². The summed E-state index contributed by atoms with van der Waals surface area (Å²) in [5, 5.41) is 0. The average molecular weight is 367 g/mol. The van der Waals surface area contributed by atoms with Gasteiger partial charge in [0.05, 0.1) is 11.4 Å². The molecule has 130 valence electrons. The number of fused-ring (bicyclic) bond motifs is 1. The minimum absolute atomic E-state index is 0.0952. The zero-order chi connectivity index (χ0) is 18.3. The average Bonchev–Trinajstić information content (AvgIpc) is 2.66. The maximum atomic E-state index is 12.1. The molecule has 26 heavy (non-hydrogen) atoms. The summed E-state index contributed by atoms with van der Waals surface area (Å²) in [5.41, 5.74) is 7.95. The van der Waals surface area contributed by atoms with Crippen LogP contribution in [0.15, 0.2) is 53.2 Å². The Morgan fingerprint density at radius 3 is 2.00 bits per heavy atom. The van der Waals surface area contributed by atoms with Crippen molar-refractivity contribution in [1.29, 1.82) is 0 Å². The van der Waals surface area contributed by atoms with Gasteiger partial charge >= 0.3 is 10.2 Å². The van der Waals surface area contributed by atoms with Crippen molar-refractivity contribution in [3.63, 3.8) is 0 Å². The first-order chi connectivity index (χ1) is 12.5. The van der Waals surface area contributed by atoms with Crippen LogP contribution >= 0.6 is 0 Å². The molecule has 4 rings (SSSR count). The Hall–Kier alpha value is -3.40. The van der Waals surface area contributed by atoms with Crippen LogP contribution in [0.1, 0.15) is 5.69 Å². The summed E-state index contributed by atoms with van der Waals surface area (Å²) in [4.78, 5) is 17.7. The van der Waals surface area contributed by atoms with Gasteiger partial charge in [0.25, 0.3) is 0 Å². The number of aromatic nitrogens is 4. The van der Waals surface area contributed by atoms with Crippen molar-refractivity contribution in [3.05, 3.63) is 54.5 Å². The van der Waals surface area contributed by atoms with Crippen LogP contribution in [0.3, 0.4) is 0 Å². The molecule has 0 unspecified atom stereocenters. The van der Waals surface area contributed by atoms with E-state index in [0.29, 0.717) is 22.8 Å². The van der Waals surface area contributed by atoms with Crippen LogP contribution in [0, 0.1) is 0 Å². The van der Waals surface area contributed by atoms with Crippen LogP contribution in [0.2, 0.25) is 0 Å². The Labute approximate surface area is 149 Å². The predicted octanol–water partition coefficient (Wildman–Crippen LogP) is 1.00. The Kier molecular flexibility index (Phi) is 3.62. The van der Waals surface area contributed by atoms with Gasteiger partial charge in [-0.15, -0.1) is 4.40 Å². The van der Waals surface area contributed by atoms with Crippen molar-refractivity contribution in [3.8, 4) is 22.8 Å². The Balaban J connectivity index is 2.05. The molecule has 0 atom stereocenters. The van der Waals surface area contributed by atoms with E-state index in [0.717, 1.165) is 4.31 Å². The smallest absolute Gasteiger partial charge is 0.347 e. The molecule has 0 bridgehead atoms. The zero-order valence-corrected chi connectivity index (χ0v) is 14.4. The van der Waals surface area contributed by atoms with Crippen LogP contribution in [0.4, 0.5) is 5.82 Å². The van der Waals surface area contributed by atoms with E-state index >= 15 is 0 Å². The molecule has 0 spiro atoms. The highest BCUT2D eigenvalue weighted by Crippen LogP contribution is 2.32. The first-order valence-corrected chi connectivity index (χ1v) is 8.96. The molecule has 0 saturated heterocycles. The molecular formula is C16H13N7O2S. The number of amidine groups is 1. The van der Waals surface area contributed by atoms with Crippen LogP contribution in [0.5, 0.6) is 0 Å². The number of rotatable bonds is 2. The first-order valence-electron chi connectivity index (χ1n) is 7.57. The van der Waals surface area contributed by atoms with Crippen molar-refractivity contribution < 1.29 is 8.42 Å². The lowest BCUT2D eigenvalue weighted by Gasteiger charge is -2.23. The number of nitrogens with zero attached hydrogens (tertiary/aromatic N) is 6. The van der Waals surface area contributed by atoms with E-state index in [1.165, 1.54) is 7.05 Å². The maximum absolute atomic E-state index is 12.1. The van der Waals surface area contributed by atoms with Gasteiger partial charge < -0.3 is 5.73 Å². The molecule has 10 heteroatoms. The molecule has 2 N–H and O–H groups in total. The van der Waals surface area contributed by atoms with Crippen LogP contribution in [-0.4, -0.2) is 41.2 Å². The van der Waals surface area contributed by atoms with Gasteiger partial charge in [0.1, 0.15) is 11.4 Å². The van der Waals surface area contributed by atoms with Crippen LogP contribution in [-0.2, 0) is 10.2 Å². The number of pyridine rings is 2. The summed E-state index contributed by atoms with van der Waals surface area (Å²) in [7, 11) is -2.59. The zero-order valence-electron chi connectivity index (χ0n) is 13.6. The van der Waals surface area contributed by atoms with Crippen molar-refractivity contribution in [2.75, 3.05) is 11.4 Å². The molecule has 3 aromatic heterocycles. The largest absolute Gasteiger partial charge is 0.381 e. The fraction of sp³-hybridized carbons (Fsp3) is 0.0625. The van der Waals surface area contributed by atoms with Crippen LogP contribution < -0.4 is 10.0 Å². The Bertz CT molecular complexity index is 1120. The van der Waals surface area contributed by atoms with Gasteiger partial charge in [-0.3, -0.25) is 9.97 Å². The molecule has 9 nitrogen and oxygen atoms in total. The van der Waals surface area contributed by atoms with E-state index in [4.69, 9.17) is 5.73 Å².